The van der Waals surface area contributed by atoms with Gasteiger partial charge < -0.3 is 14.2 Å². The first-order valence-corrected chi connectivity index (χ1v) is 6.29. The van der Waals surface area contributed by atoms with Crippen LogP contribution in [0.15, 0.2) is 42.5 Å². The molecular formula is C15H13NO6. The molecule has 22 heavy (non-hydrogen) atoms. The second-order valence-corrected chi connectivity index (χ2v) is 4.23. The van der Waals surface area contributed by atoms with E-state index in [4.69, 9.17) is 14.2 Å². The molecule has 2 rings (SSSR count). The molecule has 0 amide bonds. The molecule has 0 unspecified atom stereocenters. The van der Waals surface area contributed by atoms with E-state index in [9.17, 15) is 14.9 Å². The van der Waals surface area contributed by atoms with Gasteiger partial charge in [0, 0.05) is 19.1 Å². The summed E-state index contributed by atoms with van der Waals surface area (Å²) in [5.74, 6) is 0.476. The molecule has 0 heterocycles. The van der Waals surface area contributed by atoms with E-state index in [1.54, 1.807) is 12.1 Å². The Morgan fingerprint density at radius 2 is 1.82 bits per heavy atom. The number of nitrogens with zero attached hydrogens (tertiary/aromatic N) is 1. The minimum atomic E-state index is -0.533. The fourth-order valence-electron chi connectivity index (χ4n) is 1.77. The lowest BCUT2D eigenvalue weighted by molar-refractivity contribution is -0.385. The molecule has 0 fully saturated rings. The van der Waals surface area contributed by atoms with E-state index < -0.39 is 10.9 Å². The van der Waals surface area contributed by atoms with Gasteiger partial charge in [0.25, 0.3) is 0 Å². The number of carbonyl (C=O) groups is 1. The highest BCUT2D eigenvalue weighted by Gasteiger charge is 2.17. The van der Waals surface area contributed by atoms with Crippen molar-refractivity contribution >= 4 is 11.7 Å². The molecule has 114 valence electrons. The van der Waals surface area contributed by atoms with Crippen molar-refractivity contribution in [1.82, 2.24) is 0 Å². The van der Waals surface area contributed by atoms with Crippen molar-refractivity contribution < 1.29 is 23.9 Å². The molecule has 0 radical (unpaired) electrons. The average molecular weight is 303 g/mol. The van der Waals surface area contributed by atoms with Crippen LogP contribution in [0.4, 0.5) is 5.69 Å². The Labute approximate surface area is 126 Å². The third kappa shape index (κ3) is 3.51. The van der Waals surface area contributed by atoms with Crippen LogP contribution in [0.1, 0.15) is 6.92 Å². The molecular weight excluding hydrogens is 290 g/mol. The zero-order chi connectivity index (χ0) is 16.1. The number of para-hydroxylation sites is 2. The first-order valence-electron chi connectivity index (χ1n) is 6.29. The summed E-state index contributed by atoms with van der Waals surface area (Å²) in [5, 5.41) is 11.0. The van der Waals surface area contributed by atoms with Crippen LogP contribution in [0.2, 0.25) is 0 Å². The molecule has 0 aliphatic rings. The van der Waals surface area contributed by atoms with E-state index in [1.165, 1.54) is 44.4 Å². The van der Waals surface area contributed by atoms with Crippen molar-refractivity contribution in [3.63, 3.8) is 0 Å². The second-order valence-electron chi connectivity index (χ2n) is 4.23. The highest BCUT2D eigenvalue weighted by Crippen LogP contribution is 2.37. The fraction of sp³-hybridized carbons (Fsp3) is 0.133. The number of nitro benzene ring substituents is 1. The van der Waals surface area contributed by atoms with Crippen LogP contribution in [-0.2, 0) is 4.79 Å². The van der Waals surface area contributed by atoms with Gasteiger partial charge in [-0.15, -0.1) is 0 Å². The lowest BCUT2D eigenvalue weighted by Crippen LogP contribution is -2.02. The number of rotatable bonds is 5. The quantitative estimate of drug-likeness (QED) is 0.364. The summed E-state index contributed by atoms with van der Waals surface area (Å²) < 4.78 is 15.6. The van der Waals surface area contributed by atoms with Crippen LogP contribution in [0.5, 0.6) is 23.0 Å². The summed E-state index contributed by atoms with van der Waals surface area (Å²) in [5.41, 5.74) is -0.159. The van der Waals surface area contributed by atoms with Gasteiger partial charge in [0.2, 0.25) is 5.75 Å². The van der Waals surface area contributed by atoms with Crippen molar-refractivity contribution in [2.75, 3.05) is 7.11 Å². The fourth-order valence-corrected chi connectivity index (χ4v) is 1.77. The number of nitro groups is 1. The highest BCUT2D eigenvalue weighted by molar-refractivity contribution is 5.69. The third-order valence-corrected chi connectivity index (χ3v) is 2.68. The third-order valence-electron chi connectivity index (χ3n) is 2.68. The molecule has 7 nitrogen and oxygen atoms in total. The predicted octanol–water partition coefficient (Wildman–Crippen LogP) is 3.32. The van der Waals surface area contributed by atoms with Gasteiger partial charge in [-0.05, 0) is 18.2 Å². The Morgan fingerprint density at radius 1 is 1.09 bits per heavy atom. The predicted molar refractivity (Wildman–Crippen MR) is 77.5 cm³/mol. The molecule has 0 N–H and O–H groups in total. The summed E-state index contributed by atoms with van der Waals surface area (Å²) in [6.07, 6.45) is 0. The van der Waals surface area contributed by atoms with E-state index >= 15 is 0 Å². The van der Waals surface area contributed by atoms with Gasteiger partial charge in [-0.1, -0.05) is 12.1 Å². The van der Waals surface area contributed by atoms with Crippen molar-refractivity contribution in [2.24, 2.45) is 0 Å². The Morgan fingerprint density at radius 3 is 2.45 bits per heavy atom. The van der Waals surface area contributed by atoms with Crippen LogP contribution in [0.3, 0.4) is 0 Å². The standard InChI is InChI=1S/C15H13NO6/c1-10(17)21-11-7-8-14(15(9-11)20-2)22-13-6-4-3-5-12(13)16(18)19/h3-9H,1-2H3. The van der Waals surface area contributed by atoms with Gasteiger partial charge in [-0.25, -0.2) is 0 Å². The number of methoxy groups -OCH3 is 1. The van der Waals surface area contributed by atoms with Gasteiger partial charge in [0.05, 0.1) is 12.0 Å². The lowest BCUT2D eigenvalue weighted by atomic mass is 10.2. The molecule has 0 bridgehead atoms. The Bertz CT molecular complexity index is 713. The monoisotopic (exact) mass is 303 g/mol. The molecule has 0 atom stereocenters. The molecule has 2 aromatic carbocycles. The van der Waals surface area contributed by atoms with Crippen LogP contribution < -0.4 is 14.2 Å². The van der Waals surface area contributed by atoms with E-state index in [0.717, 1.165) is 0 Å². The van der Waals surface area contributed by atoms with Crippen LogP contribution in [0, 0.1) is 10.1 Å². The Balaban J connectivity index is 2.34. The summed E-state index contributed by atoms with van der Waals surface area (Å²) in [4.78, 5) is 21.4. The van der Waals surface area contributed by atoms with Crippen LogP contribution >= 0.6 is 0 Å². The summed E-state index contributed by atoms with van der Waals surface area (Å²) in [6.45, 7) is 1.28. The molecule has 7 heteroatoms. The van der Waals surface area contributed by atoms with Gasteiger partial charge in [0.15, 0.2) is 11.5 Å². The molecule has 0 spiro atoms. The number of esters is 1. The van der Waals surface area contributed by atoms with Crippen molar-refractivity contribution in [3.05, 3.63) is 52.6 Å². The number of carbonyl (C=O) groups excluding carboxylic acids is 1. The minimum Gasteiger partial charge on any atom is -0.493 e. The Hall–Kier alpha value is -3.09. The van der Waals surface area contributed by atoms with Crippen LogP contribution in [-0.4, -0.2) is 18.0 Å². The van der Waals surface area contributed by atoms with Gasteiger partial charge in [-0.3, -0.25) is 14.9 Å². The Kier molecular flexibility index (Phi) is 4.57. The zero-order valence-electron chi connectivity index (χ0n) is 11.9. The average Bonchev–Trinajstić information content (AvgIpc) is 2.48. The first kappa shape index (κ1) is 15.3. The number of benzene rings is 2. The maximum atomic E-state index is 11.0. The summed E-state index contributed by atoms with van der Waals surface area (Å²) in [6, 6.07) is 10.5. The SMILES string of the molecule is COc1cc(OC(C)=O)ccc1Oc1ccccc1[N+](=O)[O-]. The van der Waals surface area contributed by atoms with Crippen molar-refractivity contribution in [1.29, 1.82) is 0 Å². The van der Waals surface area contributed by atoms with Crippen LogP contribution in [0.25, 0.3) is 0 Å². The molecule has 0 aliphatic carbocycles. The normalized spacial score (nSPS) is 9.91. The zero-order valence-corrected chi connectivity index (χ0v) is 11.9. The van der Waals surface area contributed by atoms with E-state index in [-0.39, 0.29) is 22.9 Å². The van der Waals surface area contributed by atoms with E-state index in [0.29, 0.717) is 5.75 Å². The van der Waals surface area contributed by atoms with Gasteiger partial charge in [0.1, 0.15) is 5.75 Å². The van der Waals surface area contributed by atoms with E-state index in [2.05, 4.69) is 0 Å². The van der Waals surface area contributed by atoms with Crippen molar-refractivity contribution in [3.8, 4) is 23.0 Å². The maximum Gasteiger partial charge on any atom is 0.311 e. The van der Waals surface area contributed by atoms with E-state index in [1.807, 2.05) is 0 Å². The van der Waals surface area contributed by atoms with Gasteiger partial charge >= 0.3 is 11.7 Å². The number of ether oxygens (including phenoxy) is 3. The molecule has 0 aromatic heterocycles. The van der Waals surface area contributed by atoms with Crippen molar-refractivity contribution in [2.45, 2.75) is 6.92 Å². The number of hydrogen-bond acceptors (Lipinski definition) is 6. The largest absolute Gasteiger partial charge is 0.493 e. The highest BCUT2D eigenvalue weighted by atomic mass is 16.6. The second kappa shape index (κ2) is 6.57. The smallest absolute Gasteiger partial charge is 0.311 e. The molecule has 0 saturated heterocycles. The maximum absolute atomic E-state index is 11.0. The van der Waals surface area contributed by atoms with Gasteiger partial charge in [-0.2, -0.15) is 0 Å². The number of hydrogen-bond donors (Lipinski definition) is 0. The molecule has 0 saturated carbocycles. The topological polar surface area (TPSA) is 87.9 Å². The molecule has 2 aromatic rings. The summed E-state index contributed by atoms with van der Waals surface area (Å²) >= 11 is 0. The minimum absolute atomic E-state index is 0.0889. The summed E-state index contributed by atoms with van der Waals surface area (Å²) in [7, 11) is 1.42. The first-order chi connectivity index (χ1) is 10.5. The lowest BCUT2D eigenvalue weighted by Gasteiger charge is -2.11. The molecule has 0 aliphatic heterocycles.